The van der Waals surface area contributed by atoms with Gasteiger partial charge in [-0.1, -0.05) is 35.9 Å². The number of carbonyl (C=O) groups excluding carboxylic acids is 1. The van der Waals surface area contributed by atoms with Gasteiger partial charge >= 0.3 is 0 Å². The number of carbonyl (C=O) groups is 1. The Morgan fingerprint density at radius 1 is 1.12 bits per heavy atom. The predicted octanol–water partition coefficient (Wildman–Crippen LogP) is 3.82. The molecule has 1 amide bonds. The number of ether oxygens (including phenoxy) is 3. The zero-order valence-electron chi connectivity index (χ0n) is 14.6. The Labute approximate surface area is 152 Å². The van der Waals surface area contributed by atoms with E-state index in [2.05, 4.69) is 5.32 Å². The summed E-state index contributed by atoms with van der Waals surface area (Å²) >= 11 is 6.20. The highest BCUT2D eigenvalue weighted by Crippen LogP contribution is 2.36. The molecule has 2 aromatic rings. The van der Waals surface area contributed by atoms with E-state index >= 15 is 0 Å². The first kappa shape index (κ1) is 19.1. The first-order chi connectivity index (χ1) is 12.1. The van der Waals surface area contributed by atoms with Gasteiger partial charge in [-0.25, -0.2) is 0 Å². The molecule has 0 spiro atoms. The van der Waals surface area contributed by atoms with E-state index < -0.39 is 0 Å². The number of benzene rings is 2. The maximum atomic E-state index is 12.4. The zero-order valence-corrected chi connectivity index (χ0v) is 15.4. The number of methoxy groups -OCH3 is 2. The molecule has 5 nitrogen and oxygen atoms in total. The molecule has 0 heterocycles. The van der Waals surface area contributed by atoms with Gasteiger partial charge < -0.3 is 19.5 Å². The van der Waals surface area contributed by atoms with Gasteiger partial charge in [0.25, 0.3) is 5.91 Å². The molecular formula is C19H22ClNO4. The zero-order chi connectivity index (χ0) is 18.2. The van der Waals surface area contributed by atoms with Gasteiger partial charge in [-0.05, 0) is 30.2 Å². The Morgan fingerprint density at radius 3 is 2.40 bits per heavy atom. The molecule has 0 radical (unpaired) electrons. The van der Waals surface area contributed by atoms with E-state index in [-0.39, 0.29) is 5.91 Å². The summed E-state index contributed by atoms with van der Waals surface area (Å²) in [6.45, 7) is 3.30. The molecule has 0 aliphatic carbocycles. The van der Waals surface area contributed by atoms with E-state index in [1.165, 1.54) is 7.11 Å². The molecule has 25 heavy (non-hydrogen) atoms. The fraction of sp³-hybridized carbons (Fsp3) is 0.316. The second kappa shape index (κ2) is 9.30. The lowest BCUT2D eigenvalue weighted by molar-refractivity contribution is 0.0950. The number of halogens is 1. The largest absolute Gasteiger partial charge is 0.493 e. The van der Waals surface area contributed by atoms with Crippen molar-refractivity contribution in [3.05, 3.63) is 58.1 Å². The van der Waals surface area contributed by atoms with E-state index in [1.54, 1.807) is 19.2 Å². The molecule has 0 aliphatic heterocycles. The van der Waals surface area contributed by atoms with Crippen LogP contribution in [0.1, 0.15) is 28.4 Å². The average molecular weight is 364 g/mol. The molecule has 1 N–H and O–H groups in total. The van der Waals surface area contributed by atoms with E-state index in [9.17, 15) is 4.79 Å². The van der Waals surface area contributed by atoms with Crippen LogP contribution in [0.3, 0.4) is 0 Å². The smallest absolute Gasteiger partial charge is 0.251 e. The van der Waals surface area contributed by atoms with Crippen LogP contribution in [-0.2, 0) is 17.9 Å². The topological polar surface area (TPSA) is 56.8 Å². The minimum Gasteiger partial charge on any atom is -0.493 e. The molecule has 0 fully saturated rings. The van der Waals surface area contributed by atoms with Gasteiger partial charge in [0.1, 0.15) is 0 Å². The Hall–Kier alpha value is -2.24. The molecule has 0 aromatic heterocycles. The van der Waals surface area contributed by atoms with Crippen molar-refractivity contribution in [2.45, 2.75) is 20.1 Å². The summed E-state index contributed by atoms with van der Waals surface area (Å²) in [4.78, 5) is 12.4. The highest BCUT2D eigenvalue weighted by Gasteiger charge is 2.15. The molecule has 0 saturated heterocycles. The standard InChI is InChI=1S/C19H22ClNO4/c1-4-25-18-16(20)9-15(10-17(18)24-3)19(22)21-11-13-5-7-14(8-6-13)12-23-2/h5-10H,4,11-12H2,1-3H3,(H,21,22). The van der Waals surface area contributed by atoms with Crippen LogP contribution in [0, 0.1) is 0 Å². The summed E-state index contributed by atoms with van der Waals surface area (Å²) in [5.41, 5.74) is 2.50. The van der Waals surface area contributed by atoms with Gasteiger partial charge in [0.05, 0.1) is 25.3 Å². The Bertz CT molecular complexity index is 716. The molecule has 0 aliphatic rings. The van der Waals surface area contributed by atoms with Crippen LogP contribution in [0.2, 0.25) is 5.02 Å². The summed E-state index contributed by atoms with van der Waals surface area (Å²) in [5.74, 6) is 0.643. The summed E-state index contributed by atoms with van der Waals surface area (Å²) < 4.78 is 15.8. The van der Waals surface area contributed by atoms with Crippen molar-refractivity contribution in [2.75, 3.05) is 20.8 Å². The average Bonchev–Trinajstić information content (AvgIpc) is 2.62. The number of nitrogens with one attached hydrogen (secondary N) is 1. The third-order valence-corrected chi connectivity index (χ3v) is 3.85. The highest BCUT2D eigenvalue weighted by atomic mass is 35.5. The van der Waals surface area contributed by atoms with Crippen LogP contribution in [-0.4, -0.2) is 26.7 Å². The highest BCUT2D eigenvalue weighted by molar-refractivity contribution is 6.32. The lowest BCUT2D eigenvalue weighted by atomic mass is 10.1. The first-order valence-electron chi connectivity index (χ1n) is 7.94. The Kier molecular flexibility index (Phi) is 7.10. The predicted molar refractivity (Wildman–Crippen MR) is 97.5 cm³/mol. The normalized spacial score (nSPS) is 10.4. The second-order valence-corrected chi connectivity index (χ2v) is 5.76. The second-order valence-electron chi connectivity index (χ2n) is 5.35. The van der Waals surface area contributed by atoms with Crippen molar-refractivity contribution in [3.8, 4) is 11.5 Å². The first-order valence-corrected chi connectivity index (χ1v) is 8.32. The molecule has 2 aromatic carbocycles. The van der Waals surface area contributed by atoms with E-state index in [0.29, 0.717) is 41.8 Å². The molecule has 6 heteroatoms. The number of hydrogen-bond acceptors (Lipinski definition) is 4. The van der Waals surface area contributed by atoms with Crippen LogP contribution in [0.5, 0.6) is 11.5 Å². The van der Waals surface area contributed by atoms with Gasteiger partial charge in [-0.2, -0.15) is 0 Å². The number of amides is 1. The minimum atomic E-state index is -0.232. The third-order valence-electron chi connectivity index (χ3n) is 3.57. The van der Waals surface area contributed by atoms with Gasteiger partial charge in [0.15, 0.2) is 11.5 Å². The van der Waals surface area contributed by atoms with E-state index in [1.807, 2.05) is 31.2 Å². The van der Waals surface area contributed by atoms with Crippen LogP contribution >= 0.6 is 11.6 Å². The summed E-state index contributed by atoms with van der Waals surface area (Å²) in [6.07, 6.45) is 0. The van der Waals surface area contributed by atoms with Gasteiger partial charge in [-0.15, -0.1) is 0 Å². The summed E-state index contributed by atoms with van der Waals surface area (Å²) in [5, 5.41) is 3.21. The lowest BCUT2D eigenvalue weighted by Crippen LogP contribution is -2.22. The maximum Gasteiger partial charge on any atom is 0.251 e. The summed E-state index contributed by atoms with van der Waals surface area (Å²) in [6, 6.07) is 11.1. The van der Waals surface area contributed by atoms with Gasteiger partial charge in [-0.3, -0.25) is 4.79 Å². The van der Waals surface area contributed by atoms with Crippen LogP contribution in [0.15, 0.2) is 36.4 Å². The van der Waals surface area contributed by atoms with Gasteiger partial charge in [0.2, 0.25) is 0 Å². The lowest BCUT2D eigenvalue weighted by Gasteiger charge is -2.13. The van der Waals surface area contributed by atoms with Gasteiger partial charge in [0, 0.05) is 19.2 Å². The van der Waals surface area contributed by atoms with E-state index in [4.69, 9.17) is 25.8 Å². The quantitative estimate of drug-likeness (QED) is 0.774. The molecule has 2 rings (SSSR count). The van der Waals surface area contributed by atoms with Crippen LogP contribution < -0.4 is 14.8 Å². The van der Waals surface area contributed by atoms with Crippen molar-refractivity contribution < 1.29 is 19.0 Å². The van der Waals surface area contributed by atoms with Crippen molar-refractivity contribution in [1.82, 2.24) is 5.32 Å². The maximum absolute atomic E-state index is 12.4. The monoisotopic (exact) mass is 363 g/mol. The van der Waals surface area contributed by atoms with Crippen LogP contribution in [0.25, 0.3) is 0 Å². The molecule has 0 atom stereocenters. The molecule has 0 unspecified atom stereocenters. The molecule has 0 saturated carbocycles. The third kappa shape index (κ3) is 5.11. The molecular weight excluding hydrogens is 342 g/mol. The molecule has 0 bridgehead atoms. The van der Waals surface area contributed by atoms with Crippen molar-refractivity contribution in [3.63, 3.8) is 0 Å². The Morgan fingerprint density at radius 2 is 1.80 bits per heavy atom. The molecule has 134 valence electrons. The van der Waals surface area contributed by atoms with E-state index in [0.717, 1.165) is 11.1 Å². The van der Waals surface area contributed by atoms with Crippen molar-refractivity contribution in [1.29, 1.82) is 0 Å². The Balaban J connectivity index is 2.06. The van der Waals surface area contributed by atoms with Crippen molar-refractivity contribution in [2.24, 2.45) is 0 Å². The fourth-order valence-corrected chi connectivity index (χ4v) is 2.60. The fourth-order valence-electron chi connectivity index (χ4n) is 2.34. The van der Waals surface area contributed by atoms with Crippen LogP contribution in [0.4, 0.5) is 0 Å². The SMILES string of the molecule is CCOc1c(Cl)cc(C(=O)NCc2ccc(COC)cc2)cc1OC. The summed E-state index contributed by atoms with van der Waals surface area (Å²) in [7, 11) is 3.17. The van der Waals surface area contributed by atoms with Crippen molar-refractivity contribution >= 4 is 17.5 Å². The minimum absolute atomic E-state index is 0.232. The number of hydrogen-bond donors (Lipinski definition) is 1. The number of rotatable bonds is 8.